The largest absolute Gasteiger partial charge is 0.495 e. The summed E-state index contributed by atoms with van der Waals surface area (Å²) < 4.78 is 11.3. The van der Waals surface area contributed by atoms with Gasteiger partial charge in [0.25, 0.3) is 0 Å². The fourth-order valence-electron chi connectivity index (χ4n) is 3.98. The number of hydrogen-bond acceptors (Lipinski definition) is 5. The Morgan fingerprint density at radius 2 is 1.44 bits per heavy atom. The van der Waals surface area contributed by atoms with Crippen LogP contribution in [0.1, 0.15) is 0 Å². The van der Waals surface area contributed by atoms with Crippen molar-refractivity contribution < 1.29 is 14.6 Å². The summed E-state index contributed by atoms with van der Waals surface area (Å²) >= 11 is 0. The average molecular weight is 455 g/mol. The number of aliphatic hydroxyl groups excluding tert-OH is 1. The Morgan fingerprint density at radius 3 is 2.12 bits per heavy atom. The van der Waals surface area contributed by atoms with E-state index in [1.807, 2.05) is 60.7 Å². The number of piperazine rings is 1. The molecule has 3 aromatic rings. The first kappa shape index (κ1) is 23.9. The molecule has 5 nitrogen and oxygen atoms in total. The number of β-amino-alcohol motifs (C(OH)–C–C–N with tert-alkyl or cyclic N) is 1. The van der Waals surface area contributed by atoms with E-state index < -0.39 is 6.10 Å². The van der Waals surface area contributed by atoms with E-state index in [4.69, 9.17) is 9.47 Å². The van der Waals surface area contributed by atoms with Crippen LogP contribution in [-0.2, 0) is 0 Å². The van der Waals surface area contributed by atoms with Crippen LogP contribution in [0.4, 0.5) is 5.69 Å². The molecule has 0 amide bonds. The Bertz CT molecular complexity index is 945. The molecule has 1 unspecified atom stereocenters. The summed E-state index contributed by atoms with van der Waals surface area (Å²) in [5.74, 6) is 1.68. The second kappa shape index (κ2) is 11.8. The van der Waals surface area contributed by atoms with Crippen LogP contribution in [-0.4, -0.2) is 62.6 Å². The van der Waals surface area contributed by atoms with Crippen LogP contribution in [0.3, 0.4) is 0 Å². The molecule has 1 aliphatic rings. The predicted octanol–water partition coefficient (Wildman–Crippen LogP) is 4.35. The van der Waals surface area contributed by atoms with Gasteiger partial charge < -0.3 is 19.5 Å². The molecule has 6 heteroatoms. The van der Waals surface area contributed by atoms with Gasteiger partial charge in [-0.05, 0) is 35.4 Å². The molecule has 1 saturated heterocycles. The number of ether oxygens (including phenoxy) is 2. The molecule has 32 heavy (non-hydrogen) atoms. The van der Waals surface area contributed by atoms with Crippen LogP contribution in [0.15, 0.2) is 78.9 Å². The van der Waals surface area contributed by atoms with Gasteiger partial charge in [0.2, 0.25) is 0 Å². The molecule has 1 fully saturated rings. The number of methoxy groups -OCH3 is 1. The molecule has 3 aromatic carbocycles. The molecule has 0 radical (unpaired) electrons. The first-order valence-corrected chi connectivity index (χ1v) is 10.8. The molecule has 170 valence electrons. The van der Waals surface area contributed by atoms with Crippen molar-refractivity contribution in [1.82, 2.24) is 4.90 Å². The number of halogens is 1. The molecule has 1 N–H and O–H groups in total. The highest BCUT2D eigenvalue weighted by molar-refractivity contribution is 5.85. The lowest BCUT2D eigenvalue weighted by Gasteiger charge is -2.37. The monoisotopic (exact) mass is 454 g/mol. The summed E-state index contributed by atoms with van der Waals surface area (Å²) in [5, 5.41) is 10.5. The van der Waals surface area contributed by atoms with Gasteiger partial charge in [-0.15, -0.1) is 12.4 Å². The summed E-state index contributed by atoms with van der Waals surface area (Å²) in [4.78, 5) is 4.63. The molecule has 0 spiro atoms. The van der Waals surface area contributed by atoms with Crippen molar-refractivity contribution in [1.29, 1.82) is 0 Å². The van der Waals surface area contributed by atoms with Crippen molar-refractivity contribution in [2.45, 2.75) is 6.10 Å². The van der Waals surface area contributed by atoms with Gasteiger partial charge in [0.1, 0.15) is 24.2 Å². The molecule has 1 aliphatic heterocycles. The standard InChI is InChI=1S/C26H30N2O3.ClH/c1-30-26-10-6-5-9-25(26)28-17-15-27(16-18-28)19-23(29)20-31-24-13-11-22(12-14-24)21-7-3-2-4-8-21;/h2-14,23,29H,15-20H2,1H3;1H. The third-order valence-corrected chi connectivity index (χ3v) is 5.67. The third kappa shape index (κ3) is 6.16. The summed E-state index contributed by atoms with van der Waals surface area (Å²) in [6.07, 6.45) is -0.522. The van der Waals surface area contributed by atoms with Crippen LogP contribution >= 0.6 is 12.4 Å². The van der Waals surface area contributed by atoms with E-state index in [0.29, 0.717) is 6.54 Å². The molecule has 0 aromatic heterocycles. The minimum atomic E-state index is -0.522. The number of para-hydroxylation sites is 2. The van der Waals surface area contributed by atoms with E-state index in [0.717, 1.165) is 48.9 Å². The Balaban J connectivity index is 0.00000289. The number of rotatable bonds is 8. The van der Waals surface area contributed by atoms with Gasteiger partial charge in [-0.2, -0.15) is 0 Å². The fourth-order valence-corrected chi connectivity index (χ4v) is 3.98. The summed E-state index contributed by atoms with van der Waals surface area (Å²) in [6.45, 7) is 4.53. The quantitative estimate of drug-likeness (QED) is 0.548. The van der Waals surface area contributed by atoms with Crippen molar-refractivity contribution in [3.05, 3.63) is 78.9 Å². The maximum atomic E-state index is 10.5. The van der Waals surface area contributed by atoms with Gasteiger partial charge in [0.05, 0.1) is 12.8 Å². The van der Waals surface area contributed by atoms with Crippen LogP contribution in [0, 0.1) is 0 Å². The molecule has 0 saturated carbocycles. The minimum absolute atomic E-state index is 0. The SMILES string of the molecule is COc1ccccc1N1CCN(CC(O)COc2ccc(-c3ccccc3)cc2)CC1.Cl. The number of anilines is 1. The topological polar surface area (TPSA) is 45.2 Å². The predicted molar refractivity (Wildman–Crippen MR) is 132 cm³/mol. The van der Waals surface area contributed by atoms with Gasteiger partial charge in [0.15, 0.2) is 0 Å². The van der Waals surface area contributed by atoms with Crippen molar-refractivity contribution in [2.24, 2.45) is 0 Å². The molecular weight excluding hydrogens is 424 g/mol. The first-order valence-electron chi connectivity index (χ1n) is 10.8. The zero-order chi connectivity index (χ0) is 21.5. The fraction of sp³-hybridized carbons (Fsp3) is 0.308. The van der Waals surface area contributed by atoms with Crippen LogP contribution in [0.5, 0.6) is 11.5 Å². The van der Waals surface area contributed by atoms with Gasteiger partial charge in [-0.1, -0.05) is 54.6 Å². The maximum Gasteiger partial charge on any atom is 0.142 e. The van der Waals surface area contributed by atoms with E-state index in [-0.39, 0.29) is 19.0 Å². The highest BCUT2D eigenvalue weighted by atomic mass is 35.5. The number of benzene rings is 3. The average Bonchev–Trinajstić information content (AvgIpc) is 2.84. The Labute approximate surface area is 196 Å². The highest BCUT2D eigenvalue weighted by Crippen LogP contribution is 2.28. The van der Waals surface area contributed by atoms with Crippen molar-refractivity contribution >= 4 is 18.1 Å². The first-order chi connectivity index (χ1) is 15.2. The normalized spacial score (nSPS) is 15.0. The zero-order valence-electron chi connectivity index (χ0n) is 18.4. The summed E-state index contributed by atoms with van der Waals surface area (Å²) in [7, 11) is 1.71. The van der Waals surface area contributed by atoms with E-state index in [9.17, 15) is 5.11 Å². The second-order valence-electron chi connectivity index (χ2n) is 7.81. The smallest absolute Gasteiger partial charge is 0.142 e. The highest BCUT2D eigenvalue weighted by Gasteiger charge is 2.21. The Kier molecular flexibility index (Phi) is 8.80. The lowest BCUT2D eigenvalue weighted by atomic mass is 10.1. The van der Waals surface area contributed by atoms with Crippen LogP contribution in [0.2, 0.25) is 0 Å². The van der Waals surface area contributed by atoms with E-state index in [2.05, 4.69) is 28.0 Å². The van der Waals surface area contributed by atoms with Gasteiger partial charge in [-0.25, -0.2) is 0 Å². The Hall–Kier alpha value is -2.73. The number of aliphatic hydroxyl groups is 1. The number of hydrogen-bond donors (Lipinski definition) is 1. The van der Waals surface area contributed by atoms with E-state index in [1.165, 1.54) is 5.56 Å². The molecule has 1 atom stereocenters. The van der Waals surface area contributed by atoms with Crippen LogP contribution in [0.25, 0.3) is 11.1 Å². The van der Waals surface area contributed by atoms with Gasteiger partial charge >= 0.3 is 0 Å². The zero-order valence-corrected chi connectivity index (χ0v) is 19.2. The molecular formula is C26H31ClN2O3. The maximum absolute atomic E-state index is 10.5. The van der Waals surface area contributed by atoms with Crippen molar-refractivity contribution in [3.8, 4) is 22.6 Å². The lowest BCUT2D eigenvalue weighted by molar-refractivity contribution is 0.0663. The Morgan fingerprint density at radius 1 is 0.812 bits per heavy atom. The van der Waals surface area contributed by atoms with Crippen molar-refractivity contribution in [2.75, 3.05) is 51.3 Å². The van der Waals surface area contributed by atoms with Crippen LogP contribution < -0.4 is 14.4 Å². The second-order valence-corrected chi connectivity index (χ2v) is 7.81. The van der Waals surface area contributed by atoms with Gasteiger partial charge in [0, 0.05) is 32.7 Å². The molecule has 0 aliphatic carbocycles. The molecule has 1 heterocycles. The van der Waals surface area contributed by atoms with Crippen molar-refractivity contribution in [3.63, 3.8) is 0 Å². The summed E-state index contributed by atoms with van der Waals surface area (Å²) in [6, 6.07) is 26.4. The van der Waals surface area contributed by atoms with E-state index in [1.54, 1.807) is 7.11 Å². The number of nitrogens with zero attached hydrogens (tertiary/aromatic N) is 2. The van der Waals surface area contributed by atoms with Gasteiger partial charge in [-0.3, -0.25) is 4.90 Å². The third-order valence-electron chi connectivity index (χ3n) is 5.67. The lowest BCUT2D eigenvalue weighted by Crippen LogP contribution is -2.49. The minimum Gasteiger partial charge on any atom is -0.495 e. The summed E-state index contributed by atoms with van der Waals surface area (Å²) in [5.41, 5.74) is 3.47. The molecule has 0 bridgehead atoms. The van der Waals surface area contributed by atoms with E-state index >= 15 is 0 Å². The molecule has 4 rings (SSSR count).